The molecule has 30 heavy (non-hydrogen) atoms. The largest absolute Gasteiger partial charge is 0.333 e. The number of aliphatic imine (C=N–C) groups is 1. The van der Waals surface area contributed by atoms with Gasteiger partial charge < -0.3 is 5.32 Å². The average molecular weight is 411 g/mol. The van der Waals surface area contributed by atoms with Crippen LogP contribution in [0.5, 0.6) is 0 Å². The maximum Gasteiger partial charge on any atom is 0.332 e. The first-order chi connectivity index (χ1) is 14.6. The standard InChI is InChI=1S/C11H15N3O.C8H7NO.C3H8N2/c1-2-8-14(12)11(15)13-9-10-6-4-3-5-7-10;10-7-9-6-8-4-2-1-3-5-8;1-2-3-5-4/h2-7H,1,8-9,12H2,(H,13,15);1-5H,6H2;2,5H,1,3-4H2. The van der Waals surface area contributed by atoms with E-state index in [2.05, 4.69) is 28.9 Å². The Morgan fingerprint density at radius 1 is 1.03 bits per heavy atom. The number of nitrogens with zero attached hydrogens (tertiary/aromatic N) is 2. The second-order valence-electron chi connectivity index (χ2n) is 5.68. The number of hydrogen-bond acceptors (Lipinski definition) is 6. The first-order valence-corrected chi connectivity index (χ1v) is 9.15. The summed E-state index contributed by atoms with van der Waals surface area (Å²) in [5.74, 6) is 10.3. The molecule has 0 atom stereocenters. The quantitative estimate of drug-likeness (QED) is 0.133. The molecule has 0 bridgehead atoms. The van der Waals surface area contributed by atoms with Crippen LogP contribution < -0.4 is 22.4 Å². The van der Waals surface area contributed by atoms with Crippen LogP contribution in [0, 0.1) is 0 Å². The number of isocyanates is 1. The molecule has 0 aliphatic rings. The van der Waals surface area contributed by atoms with E-state index in [0.717, 1.165) is 16.1 Å². The Morgan fingerprint density at radius 2 is 1.60 bits per heavy atom. The van der Waals surface area contributed by atoms with Crippen LogP contribution in [0.1, 0.15) is 11.1 Å². The summed E-state index contributed by atoms with van der Waals surface area (Å²) in [4.78, 5) is 24.5. The lowest BCUT2D eigenvalue weighted by Crippen LogP contribution is -2.44. The average Bonchev–Trinajstić information content (AvgIpc) is 2.79. The highest BCUT2D eigenvalue weighted by Crippen LogP contribution is 1.98. The molecule has 0 aromatic heterocycles. The number of hydrogen-bond donors (Lipinski definition) is 4. The number of nitrogens with two attached hydrogens (primary N) is 2. The van der Waals surface area contributed by atoms with Gasteiger partial charge in [0.05, 0.1) is 13.1 Å². The molecule has 2 aromatic carbocycles. The summed E-state index contributed by atoms with van der Waals surface area (Å²) in [6.07, 6.45) is 4.76. The van der Waals surface area contributed by atoms with Gasteiger partial charge >= 0.3 is 6.03 Å². The third kappa shape index (κ3) is 14.5. The smallest absolute Gasteiger partial charge is 0.332 e. The van der Waals surface area contributed by atoms with E-state index in [-0.39, 0.29) is 6.03 Å². The van der Waals surface area contributed by atoms with Crippen LogP contribution in [0.4, 0.5) is 4.79 Å². The Morgan fingerprint density at radius 3 is 2.03 bits per heavy atom. The summed E-state index contributed by atoms with van der Waals surface area (Å²) < 4.78 is 0. The van der Waals surface area contributed by atoms with E-state index in [1.807, 2.05) is 60.7 Å². The minimum Gasteiger partial charge on any atom is -0.333 e. The summed E-state index contributed by atoms with van der Waals surface area (Å²) in [6, 6.07) is 18.9. The normalized spacial score (nSPS) is 8.73. The molecule has 0 aliphatic carbocycles. The molecular formula is C22H30N6O2. The Hall–Kier alpha value is -3.55. The molecule has 0 radical (unpaired) electrons. The van der Waals surface area contributed by atoms with Crippen molar-refractivity contribution in [3.05, 3.63) is 97.1 Å². The zero-order chi connectivity index (χ0) is 22.5. The first kappa shape index (κ1) is 26.4. The lowest BCUT2D eigenvalue weighted by Gasteiger charge is -2.15. The van der Waals surface area contributed by atoms with Crippen molar-refractivity contribution in [1.29, 1.82) is 0 Å². The van der Waals surface area contributed by atoms with E-state index < -0.39 is 0 Å². The number of urea groups is 1. The van der Waals surface area contributed by atoms with Gasteiger partial charge in [-0.3, -0.25) is 16.3 Å². The summed E-state index contributed by atoms with van der Waals surface area (Å²) in [5, 5.41) is 3.78. The van der Waals surface area contributed by atoms with Gasteiger partial charge in [0, 0.05) is 13.1 Å². The number of nitrogens with one attached hydrogen (secondary N) is 2. The lowest BCUT2D eigenvalue weighted by molar-refractivity contribution is 0.204. The Bertz CT molecular complexity index is 762. The summed E-state index contributed by atoms with van der Waals surface area (Å²) in [5.41, 5.74) is 4.47. The van der Waals surface area contributed by atoms with Crippen LogP contribution in [0.3, 0.4) is 0 Å². The predicted molar refractivity (Wildman–Crippen MR) is 120 cm³/mol. The highest BCUT2D eigenvalue weighted by atomic mass is 16.2. The van der Waals surface area contributed by atoms with Crippen LogP contribution in [0.25, 0.3) is 0 Å². The number of carbonyl (C=O) groups is 1. The molecule has 0 spiro atoms. The number of hydrazine groups is 2. The second-order valence-corrected chi connectivity index (χ2v) is 5.68. The topological polar surface area (TPSA) is 126 Å². The highest BCUT2D eigenvalue weighted by Gasteiger charge is 2.05. The molecule has 8 nitrogen and oxygen atoms in total. The molecule has 6 N–H and O–H groups in total. The third-order valence-electron chi connectivity index (χ3n) is 3.30. The van der Waals surface area contributed by atoms with E-state index in [1.54, 1.807) is 12.2 Å². The van der Waals surface area contributed by atoms with Gasteiger partial charge in [0.1, 0.15) is 0 Å². The summed E-state index contributed by atoms with van der Waals surface area (Å²) in [7, 11) is 0. The number of carbonyl (C=O) groups excluding carboxylic acids is 2. The molecule has 0 saturated heterocycles. The third-order valence-corrected chi connectivity index (χ3v) is 3.30. The van der Waals surface area contributed by atoms with Gasteiger partial charge in [-0.05, 0) is 11.1 Å². The van der Waals surface area contributed by atoms with E-state index in [9.17, 15) is 9.59 Å². The molecule has 160 valence electrons. The van der Waals surface area contributed by atoms with Crippen molar-refractivity contribution in [2.75, 3.05) is 13.1 Å². The van der Waals surface area contributed by atoms with Crippen LogP contribution in [-0.2, 0) is 17.9 Å². The second kappa shape index (κ2) is 18.8. The number of benzene rings is 2. The minimum absolute atomic E-state index is 0.307. The summed E-state index contributed by atoms with van der Waals surface area (Å²) >= 11 is 0. The van der Waals surface area contributed by atoms with Crippen molar-refractivity contribution in [3.8, 4) is 0 Å². The Balaban J connectivity index is 0.000000481. The molecule has 8 heteroatoms. The highest BCUT2D eigenvalue weighted by molar-refractivity contribution is 5.73. The van der Waals surface area contributed by atoms with Crippen molar-refractivity contribution in [2.45, 2.75) is 13.1 Å². The van der Waals surface area contributed by atoms with Crippen molar-refractivity contribution >= 4 is 12.1 Å². The van der Waals surface area contributed by atoms with Gasteiger partial charge in [0.25, 0.3) is 0 Å². The maximum atomic E-state index is 11.3. The molecular weight excluding hydrogens is 380 g/mol. The molecule has 0 heterocycles. The number of rotatable bonds is 8. The fourth-order valence-corrected chi connectivity index (χ4v) is 1.89. The van der Waals surface area contributed by atoms with Gasteiger partial charge in [0.15, 0.2) is 0 Å². The van der Waals surface area contributed by atoms with E-state index in [0.29, 0.717) is 26.2 Å². The van der Waals surface area contributed by atoms with E-state index >= 15 is 0 Å². The van der Waals surface area contributed by atoms with Gasteiger partial charge in [-0.15, -0.1) is 13.2 Å². The van der Waals surface area contributed by atoms with E-state index in [1.165, 1.54) is 6.08 Å². The van der Waals surface area contributed by atoms with Crippen molar-refractivity contribution in [1.82, 2.24) is 15.8 Å². The SMILES string of the molecule is C=CCN(N)C(=O)NCc1ccccc1.C=CCNN.O=C=NCc1ccccc1. The molecule has 2 amide bonds. The molecule has 0 saturated carbocycles. The Kier molecular flexibility index (Phi) is 16.6. The van der Waals surface area contributed by atoms with Crippen LogP contribution >= 0.6 is 0 Å². The van der Waals surface area contributed by atoms with Crippen molar-refractivity contribution in [2.24, 2.45) is 16.7 Å². The van der Waals surface area contributed by atoms with Crippen LogP contribution in [0.2, 0.25) is 0 Å². The lowest BCUT2D eigenvalue weighted by atomic mass is 10.2. The fraction of sp³-hybridized carbons (Fsp3) is 0.182. The van der Waals surface area contributed by atoms with Gasteiger partial charge in [-0.25, -0.2) is 20.4 Å². The van der Waals surface area contributed by atoms with Crippen LogP contribution in [-0.4, -0.2) is 30.2 Å². The maximum absolute atomic E-state index is 11.3. The zero-order valence-corrected chi connectivity index (χ0v) is 17.0. The summed E-state index contributed by atoms with van der Waals surface area (Å²) in [6.45, 7) is 8.83. The van der Waals surface area contributed by atoms with Gasteiger partial charge in [-0.1, -0.05) is 72.8 Å². The molecule has 0 aliphatic heterocycles. The minimum atomic E-state index is -0.307. The van der Waals surface area contributed by atoms with Crippen molar-refractivity contribution in [3.63, 3.8) is 0 Å². The van der Waals surface area contributed by atoms with Gasteiger partial charge in [0.2, 0.25) is 6.08 Å². The zero-order valence-electron chi connectivity index (χ0n) is 17.0. The predicted octanol–water partition coefficient (Wildman–Crippen LogP) is 2.42. The fourth-order valence-electron chi connectivity index (χ4n) is 1.89. The molecule has 0 unspecified atom stereocenters. The monoisotopic (exact) mass is 410 g/mol. The van der Waals surface area contributed by atoms with Crippen LogP contribution in [0.15, 0.2) is 91.0 Å². The molecule has 0 fully saturated rings. The van der Waals surface area contributed by atoms with Crippen molar-refractivity contribution < 1.29 is 9.59 Å². The molecule has 2 aromatic rings. The molecule has 2 rings (SSSR count). The number of amides is 2. The van der Waals surface area contributed by atoms with E-state index in [4.69, 9.17) is 11.7 Å². The van der Waals surface area contributed by atoms with Gasteiger partial charge in [-0.2, -0.15) is 0 Å². The first-order valence-electron chi connectivity index (χ1n) is 9.15. The Labute approximate surface area is 177 Å².